The molecule has 0 aliphatic heterocycles. The SMILES string of the molecule is CC[C@@H](C(=O)NC(C)C)N(Cc1ccccc1C)C(=O)CN(c1cccc(Br)c1)S(=O)(=O)c1ccc(C)cc1. The number of nitrogens with zero attached hydrogens (tertiary/aromatic N) is 2. The summed E-state index contributed by atoms with van der Waals surface area (Å²) in [6.07, 6.45) is 0.373. The molecular weight excluding hydrogens is 578 g/mol. The van der Waals surface area contributed by atoms with E-state index in [9.17, 15) is 18.0 Å². The normalized spacial score (nSPS) is 12.2. The van der Waals surface area contributed by atoms with E-state index in [1.165, 1.54) is 17.0 Å². The number of amides is 2. The third-order valence-corrected chi connectivity index (χ3v) is 8.68. The summed E-state index contributed by atoms with van der Waals surface area (Å²) in [5, 5.41) is 2.91. The van der Waals surface area contributed by atoms with E-state index in [2.05, 4.69) is 21.2 Å². The van der Waals surface area contributed by atoms with Crippen molar-refractivity contribution in [2.45, 2.75) is 64.6 Å². The van der Waals surface area contributed by atoms with Gasteiger partial charge in [0.2, 0.25) is 11.8 Å². The lowest BCUT2D eigenvalue weighted by molar-refractivity contribution is -0.140. The zero-order valence-electron chi connectivity index (χ0n) is 23.0. The van der Waals surface area contributed by atoms with Gasteiger partial charge in [-0.2, -0.15) is 0 Å². The maximum atomic E-state index is 14.1. The predicted octanol–water partition coefficient (Wildman–Crippen LogP) is 5.59. The molecule has 0 radical (unpaired) electrons. The highest BCUT2D eigenvalue weighted by atomic mass is 79.9. The minimum atomic E-state index is -4.10. The van der Waals surface area contributed by atoms with E-state index in [0.717, 1.165) is 21.0 Å². The number of carbonyl (C=O) groups is 2. The Hall–Kier alpha value is -3.17. The number of aryl methyl sites for hydroxylation is 2. The van der Waals surface area contributed by atoms with Crippen LogP contribution >= 0.6 is 15.9 Å². The highest BCUT2D eigenvalue weighted by molar-refractivity contribution is 9.10. The Balaban J connectivity index is 2.08. The Morgan fingerprint density at radius 2 is 1.62 bits per heavy atom. The summed E-state index contributed by atoms with van der Waals surface area (Å²) in [5.41, 5.74) is 3.13. The summed E-state index contributed by atoms with van der Waals surface area (Å²) in [4.78, 5) is 28.9. The second-order valence-electron chi connectivity index (χ2n) is 9.84. The Morgan fingerprint density at radius 1 is 0.949 bits per heavy atom. The van der Waals surface area contributed by atoms with Crippen molar-refractivity contribution < 1.29 is 18.0 Å². The topological polar surface area (TPSA) is 86.8 Å². The summed E-state index contributed by atoms with van der Waals surface area (Å²) in [5.74, 6) is -0.746. The lowest BCUT2D eigenvalue weighted by Gasteiger charge is -2.34. The van der Waals surface area contributed by atoms with Crippen LogP contribution in [0.3, 0.4) is 0 Å². The Morgan fingerprint density at radius 3 is 2.21 bits per heavy atom. The van der Waals surface area contributed by atoms with Crippen LogP contribution in [0.15, 0.2) is 82.2 Å². The van der Waals surface area contributed by atoms with E-state index in [0.29, 0.717) is 16.6 Å². The molecule has 0 aliphatic carbocycles. The second-order valence-corrected chi connectivity index (χ2v) is 12.6. The molecule has 0 fully saturated rings. The summed E-state index contributed by atoms with van der Waals surface area (Å²) in [6.45, 7) is 9.10. The first-order valence-electron chi connectivity index (χ1n) is 12.9. The van der Waals surface area contributed by atoms with E-state index in [-0.39, 0.29) is 23.4 Å². The standard InChI is InChI=1S/C30H36BrN3O4S/c1-6-28(30(36)32-21(2)3)33(19-24-11-8-7-10-23(24)5)29(35)20-34(26-13-9-12-25(31)18-26)39(37,38)27-16-14-22(4)15-17-27/h7-18,21,28H,6,19-20H2,1-5H3,(H,32,36)/t28-/m0/s1. The van der Waals surface area contributed by atoms with Crippen molar-refractivity contribution >= 4 is 43.5 Å². The van der Waals surface area contributed by atoms with Gasteiger partial charge in [0.05, 0.1) is 10.6 Å². The van der Waals surface area contributed by atoms with Gasteiger partial charge in [0.15, 0.2) is 0 Å². The van der Waals surface area contributed by atoms with Crippen LogP contribution in [-0.4, -0.2) is 43.8 Å². The molecule has 0 saturated heterocycles. The molecule has 39 heavy (non-hydrogen) atoms. The second kappa shape index (κ2) is 13.3. The largest absolute Gasteiger partial charge is 0.352 e. The van der Waals surface area contributed by atoms with Crippen LogP contribution in [0.1, 0.15) is 43.9 Å². The summed E-state index contributed by atoms with van der Waals surface area (Å²) in [7, 11) is -4.10. The molecule has 0 saturated carbocycles. The molecule has 2 amide bonds. The van der Waals surface area contributed by atoms with Crippen LogP contribution in [0.4, 0.5) is 5.69 Å². The molecule has 9 heteroatoms. The van der Waals surface area contributed by atoms with Crippen molar-refractivity contribution in [3.63, 3.8) is 0 Å². The van der Waals surface area contributed by atoms with Gasteiger partial charge in [-0.3, -0.25) is 13.9 Å². The molecule has 0 aliphatic rings. The van der Waals surface area contributed by atoms with Crippen LogP contribution in [0.5, 0.6) is 0 Å². The van der Waals surface area contributed by atoms with Gasteiger partial charge < -0.3 is 10.2 Å². The predicted molar refractivity (Wildman–Crippen MR) is 159 cm³/mol. The first-order chi connectivity index (χ1) is 18.4. The van der Waals surface area contributed by atoms with Crippen molar-refractivity contribution in [3.05, 3.63) is 94.0 Å². The van der Waals surface area contributed by atoms with Crippen molar-refractivity contribution in [1.82, 2.24) is 10.2 Å². The fraction of sp³-hybridized carbons (Fsp3) is 0.333. The number of halogens is 1. The highest BCUT2D eigenvalue weighted by Gasteiger charge is 2.34. The quantitative estimate of drug-likeness (QED) is 0.305. The van der Waals surface area contributed by atoms with Gasteiger partial charge in [0.25, 0.3) is 10.0 Å². The third kappa shape index (κ3) is 7.70. The first kappa shape index (κ1) is 30.4. The van der Waals surface area contributed by atoms with Gasteiger partial charge in [0, 0.05) is 17.1 Å². The summed E-state index contributed by atoms with van der Waals surface area (Å²) >= 11 is 3.42. The van der Waals surface area contributed by atoms with Crippen LogP contribution in [0, 0.1) is 13.8 Å². The fourth-order valence-electron chi connectivity index (χ4n) is 4.27. The number of sulfonamides is 1. The monoisotopic (exact) mass is 613 g/mol. The molecule has 0 heterocycles. The minimum absolute atomic E-state index is 0.0796. The van der Waals surface area contributed by atoms with Gasteiger partial charge in [-0.15, -0.1) is 0 Å². The molecule has 0 bridgehead atoms. The van der Waals surface area contributed by atoms with Gasteiger partial charge >= 0.3 is 0 Å². The summed E-state index contributed by atoms with van der Waals surface area (Å²) < 4.78 is 29.6. The lowest BCUT2D eigenvalue weighted by atomic mass is 10.1. The lowest BCUT2D eigenvalue weighted by Crippen LogP contribution is -2.53. The maximum Gasteiger partial charge on any atom is 0.264 e. The van der Waals surface area contributed by atoms with Gasteiger partial charge in [-0.1, -0.05) is 70.9 Å². The molecule has 3 aromatic carbocycles. The van der Waals surface area contributed by atoms with Crippen molar-refractivity contribution in [1.29, 1.82) is 0 Å². The molecule has 7 nitrogen and oxygen atoms in total. The molecule has 3 rings (SSSR count). The van der Waals surface area contributed by atoms with E-state index in [4.69, 9.17) is 0 Å². The first-order valence-corrected chi connectivity index (χ1v) is 15.2. The molecule has 1 atom stereocenters. The van der Waals surface area contributed by atoms with Crippen molar-refractivity contribution in [3.8, 4) is 0 Å². The Labute approximate surface area is 240 Å². The minimum Gasteiger partial charge on any atom is -0.352 e. The highest BCUT2D eigenvalue weighted by Crippen LogP contribution is 2.27. The van der Waals surface area contributed by atoms with Crippen LogP contribution < -0.4 is 9.62 Å². The third-order valence-electron chi connectivity index (χ3n) is 6.40. The van der Waals surface area contributed by atoms with Crippen molar-refractivity contribution in [2.24, 2.45) is 0 Å². The zero-order chi connectivity index (χ0) is 28.7. The van der Waals surface area contributed by atoms with Crippen LogP contribution in [-0.2, 0) is 26.2 Å². The summed E-state index contributed by atoms with van der Waals surface area (Å²) in [6, 6.07) is 20.1. The number of rotatable bonds is 11. The molecule has 208 valence electrons. The van der Waals surface area contributed by atoms with Gasteiger partial charge in [-0.05, 0) is 75.6 Å². The van der Waals surface area contributed by atoms with E-state index < -0.39 is 28.5 Å². The van der Waals surface area contributed by atoms with Crippen LogP contribution in [0.2, 0.25) is 0 Å². The maximum absolute atomic E-state index is 14.1. The number of hydrogen-bond donors (Lipinski definition) is 1. The van der Waals surface area contributed by atoms with Gasteiger partial charge in [0.1, 0.15) is 12.6 Å². The average Bonchev–Trinajstić information content (AvgIpc) is 2.87. The average molecular weight is 615 g/mol. The van der Waals surface area contributed by atoms with E-state index in [1.54, 1.807) is 36.4 Å². The van der Waals surface area contributed by atoms with E-state index in [1.807, 2.05) is 58.9 Å². The number of carbonyl (C=O) groups excluding carboxylic acids is 2. The van der Waals surface area contributed by atoms with Gasteiger partial charge in [-0.25, -0.2) is 8.42 Å². The number of hydrogen-bond acceptors (Lipinski definition) is 4. The van der Waals surface area contributed by atoms with Crippen molar-refractivity contribution in [2.75, 3.05) is 10.8 Å². The molecule has 1 N–H and O–H groups in total. The molecule has 0 spiro atoms. The molecular formula is C30H36BrN3O4S. The number of anilines is 1. The number of benzene rings is 3. The van der Waals surface area contributed by atoms with E-state index >= 15 is 0 Å². The van der Waals surface area contributed by atoms with Crippen LogP contribution in [0.25, 0.3) is 0 Å². The Kier molecular flexibility index (Phi) is 10.3. The molecule has 0 unspecified atom stereocenters. The Bertz CT molecular complexity index is 1410. The fourth-order valence-corrected chi connectivity index (χ4v) is 6.06. The smallest absolute Gasteiger partial charge is 0.264 e. The number of nitrogens with one attached hydrogen (secondary N) is 1. The molecule has 3 aromatic rings. The zero-order valence-corrected chi connectivity index (χ0v) is 25.4. The molecule has 0 aromatic heterocycles.